The molecule has 220 valence electrons. The fourth-order valence-corrected chi connectivity index (χ4v) is 5.27. The molecule has 2 unspecified atom stereocenters. The van der Waals surface area contributed by atoms with E-state index in [0.29, 0.717) is 22.3 Å². The van der Waals surface area contributed by atoms with Gasteiger partial charge in [-0.15, -0.1) is 0 Å². The van der Waals surface area contributed by atoms with Crippen LogP contribution in [-0.4, -0.2) is 45.2 Å². The van der Waals surface area contributed by atoms with Gasteiger partial charge in [0.15, 0.2) is 0 Å². The van der Waals surface area contributed by atoms with Crippen LogP contribution >= 0.6 is 0 Å². The van der Waals surface area contributed by atoms with Crippen molar-refractivity contribution >= 4 is 23.3 Å². The van der Waals surface area contributed by atoms with Crippen molar-refractivity contribution in [2.75, 3.05) is 38.0 Å². The maximum atomic E-state index is 13.5. The third-order valence-corrected chi connectivity index (χ3v) is 7.37. The molecule has 0 aliphatic heterocycles. The monoisotopic (exact) mass is 576 g/mol. The van der Waals surface area contributed by atoms with Gasteiger partial charge in [0.1, 0.15) is 5.75 Å². The van der Waals surface area contributed by atoms with Crippen molar-refractivity contribution in [3.63, 3.8) is 0 Å². The fourth-order valence-electron chi connectivity index (χ4n) is 5.27. The number of carbonyl (C=O) groups excluding carboxylic acids is 2. The van der Waals surface area contributed by atoms with Crippen molar-refractivity contribution < 1.29 is 24.2 Å². The third kappa shape index (κ3) is 5.75. The molecule has 0 bridgehead atoms. The summed E-state index contributed by atoms with van der Waals surface area (Å²) in [4.78, 5) is 30.8. The highest BCUT2D eigenvalue weighted by atomic mass is 16.6. The van der Waals surface area contributed by atoms with E-state index in [1.165, 1.54) is 12.1 Å². The summed E-state index contributed by atoms with van der Waals surface area (Å²) in [5, 5.41) is 10.3. The lowest BCUT2D eigenvalue weighted by Crippen LogP contribution is -2.56. The molecule has 0 saturated heterocycles. The second-order valence-electron chi connectivity index (χ2n) is 10.4. The van der Waals surface area contributed by atoms with E-state index >= 15 is 0 Å². The second kappa shape index (κ2) is 12.7. The smallest absolute Gasteiger partial charge is 0.331 e. The average molecular weight is 577 g/mol. The van der Waals surface area contributed by atoms with E-state index in [0.717, 1.165) is 23.5 Å². The van der Waals surface area contributed by atoms with Crippen LogP contribution in [0.3, 0.4) is 0 Å². The van der Waals surface area contributed by atoms with Gasteiger partial charge in [-0.2, -0.15) is 0 Å². The normalized spacial score (nSPS) is 13.5. The summed E-state index contributed by atoms with van der Waals surface area (Å²) in [6.07, 6.45) is 2.15. The van der Waals surface area contributed by atoms with Crippen LogP contribution in [-0.2, 0) is 30.3 Å². The lowest BCUT2D eigenvalue weighted by atomic mass is 9.65. The Balaban J connectivity index is 2.28. The average Bonchev–Trinajstić information content (AvgIpc) is 3.03. The molecule has 7 nitrogen and oxygen atoms in total. The minimum absolute atomic E-state index is 0.0133. The van der Waals surface area contributed by atoms with Gasteiger partial charge < -0.3 is 24.4 Å². The van der Waals surface area contributed by atoms with Gasteiger partial charge in [0.2, 0.25) is 11.2 Å². The summed E-state index contributed by atoms with van der Waals surface area (Å²) in [6, 6.07) is 30.4. The number of esters is 2. The van der Waals surface area contributed by atoms with E-state index in [1.54, 1.807) is 12.1 Å². The Bertz CT molecular complexity index is 1580. The molecule has 0 radical (unpaired) electrons. The van der Waals surface area contributed by atoms with E-state index in [2.05, 4.69) is 13.2 Å². The minimum Gasteiger partial charge on any atom is -0.508 e. The molecule has 0 saturated carbocycles. The van der Waals surface area contributed by atoms with E-state index in [4.69, 9.17) is 9.47 Å². The molecule has 4 aromatic carbocycles. The zero-order chi connectivity index (χ0) is 31.2. The van der Waals surface area contributed by atoms with Crippen LogP contribution in [0.1, 0.15) is 22.3 Å². The summed E-state index contributed by atoms with van der Waals surface area (Å²) < 4.78 is 13.1. The molecule has 2 atom stereocenters. The first kappa shape index (κ1) is 30.7. The van der Waals surface area contributed by atoms with Gasteiger partial charge in [0.05, 0.1) is 0 Å². The molecule has 7 heteroatoms. The maximum Gasteiger partial charge on any atom is 0.331 e. The molecular weight excluding hydrogens is 540 g/mol. The molecule has 4 aromatic rings. The molecule has 0 amide bonds. The highest BCUT2D eigenvalue weighted by Gasteiger charge is 2.62. The van der Waals surface area contributed by atoms with Crippen LogP contribution in [0.2, 0.25) is 0 Å². The van der Waals surface area contributed by atoms with Gasteiger partial charge in [0.25, 0.3) is 0 Å². The van der Waals surface area contributed by atoms with Crippen LogP contribution in [0, 0.1) is 0 Å². The highest BCUT2D eigenvalue weighted by Crippen LogP contribution is 2.55. The molecule has 1 N–H and O–H groups in total. The van der Waals surface area contributed by atoms with Crippen molar-refractivity contribution in [1.82, 2.24) is 0 Å². The molecule has 43 heavy (non-hydrogen) atoms. The SMILES string of the molecule is C=CC(=O)OC(c1ccccc1)(c1ccc(N(C)C)cc1)C(OC(=O)C=C)(c1ccc(O)cc1)c1ccc(N(C)C)cc1. The van der Waals surface area contributed by atoms with Gasteiger partial charge >= 0.3 is 11.9 Å². The topological polar surface area (TPSA) is 79.3 Å². The van der Waals surface area contributed by atoms with Crippen LogP contribution in [0.5, 0.6) is 5.75 Å². The first-order valence-corrected chi connectivity index (χ1v) is 13.7. The predicted molar refractivity (Wildman–Crippen MR) is 170 cm³/mol. The summed E-state index contributed by atoms with van der Waals surface area (Å²) in [6.45, 7) is 7.34. The van der Waals surface area contributed by atoms with Gasteiger partial charge in [-0.05, 0) is 36.4 Å². The zero-order valence-corrected chi connectivity index (χ0v) is 24.9. The van der Waals surface area contributed by atoms with Gasteiger partial charge in [-0.3, -0.25) is 0 Å². The molecular formula is C36H36N2O5. The Labute approximate surface area is 252 Å². The summed E-state index contributed by atoms with van der Waals surface area (Å²) >= 11 is 0. The molecule has 0 fully saturated rings. The number of carbonyl (C=O) groups is 2. The van der Waals surface area contributed by atoms with Crippen LogP contribution < -0.4 is 9.80 Å². The Morgan fingerprint density at radius 1 is 0.581 bits per heavy atom. The van der Waals surface area contributed by atoms with Crippen molar-refractivity contribution in [1.29, 1.82) is 0 Å². The van der Waals surface area contributed by atoms with E-state index in [-0.39, 0.29) is 5.75 Å². The van der Waals surface area contributed by atoms with E-state index in [9.17, 15) is 14.7 Å². The van der Waals surface area contributed by atoms with Gasteiger partial charge in [-0.1, -0.05) is 79.9 Å². The van der Waals surface area contributed by atoms with Crippen molar-refractivity contribution in [3.8, 4) is 5.75 Å². The Kier molecular flexibility index (Phi) is 9.05. The lowest BCUT2D eigenvalue weighted by molar-refractivity contribution is -0.195. The Hall–Kier alpha value is -5.30. The first-order valence-electron chi connectivity index (χ1n) is 13.7. The van der Waals surface area contributed by atoms with Crippen LogP contribution in [0.15, 0.2) is 128 Å². The highest BCUT2D eigenvalue weighted by molar-refractivity contribution is 5.84. The number of nitrogens with zero attached hydrogens (tertiary/aromatic N) is 2. The first-order chi connectivity index (χ1) is 20.6. The van der Waals surface area contributed by atoms with Crippen LogP contribution in [0.4, 0.5) is 11.4 Å². The Morgan fingerprint density at radius 3 is 1.23 bits per heavy atom. The van der Waals surface area contributed by atoms with Gasteiger partial charge in [-0.25, -0.2) is 9.59 Å². The number of phenols is 1. The molecule has 0 aromatic heterocycles. The zero-order valence-electron chi connectivity index (χ0n) is 24.9. The largest absolute Gasteiger partial charge is 0.508 e. The quantitative estimate of drug-likeness (QED) is 0.169. The predicted octanol–water partition coefficient (Wildman–Crippen LogP) is 6.17. The number of phenolic OH excluding ortho intramolecular Hbond substituents is 1. The van der Waals surface area contributed by atoms with Gasteiger partial charge in [0, 0.05) is 74.0 Å². The number of hydrogen-bond acceptors (Lipinski definition) is 7. The Morgan fingerprint density at radius 2 is 0.907 bits per heavy atom. The van der Waals surface area contributed by atoms with E-state index in [1.807, 2.05) is 117 Å². The van der Waals surface area contributed by atoms with Crippen LogP contribution in [0.25, 0.3) is 0 Å². The number of hydrogen-bond donors (Lipinski definition) is 1. The summed E-state index contributed by atoms with van der Waals surface area (Å²) in [7, 11) is 7.70. The van der Waals surface area contributed by atoms with Crippen molar-refractivity contribution in [2.24, 2.45) is 0 Å². The van der Waals surface area contributed by atoms with Crippen molar-refractivity contribution in [3.05, 3.63) is 151 Å². The van der Waals surface area contributed by atoms with E-state index < -0.39 is 23.1 Å². The minimum atomic E-state index is -1.84. The second-order valence-corrected chi connectivity index (χ2v) is 10.4. The molecule has 4 rings (SSSR count). The summed E-state index contributed by atoms with van der Waals surface area (Å²) in [5.41, 5.74) is 0.185. The standard InChI is InChI=1S/C36H36N2O5/c1-7-33(40)42-35(26-12-10-9-11-13-26,27-14-20-30(21-15-27)37(3)4)36(43-34(41)8-2,29-18-24-32(39)25-19-29)28-16-22-31(23-17-28)38(5)6/h7-25,39H,1-2H2,3-6H3. The molecule has 0 aliphatic carbocycles. The number of aromatic hydroxyl groups is 1. The number of benzene rings is 4. The number of anilines is 2. The number of ether oxygens (including phenoxy) is 2. The third-order valence-electron chi connectivity index (χ3n) is 7.37. The lowest BCUT2D eigenvalue weighted by Gasteiger charge is -2.49. The van der Waals surface area contributed by atoms with Crippen molar-refractivity contribution in [2.45, 2.75) is 11.2 Å². The molecule has 0 aliphatic rings. The summed E-state index contributed by atoms with van der Waals surface area (Å²) in [5.74, 6) is -1.47. The fraction of sp³-hybridized carbons (Fsp3) is 0.167. The molecule has 0 spiro atoms. The number of rotatable bonds is 11. The maximum absolute atomic E-state index is 13.5. The molecule has 0 heterocycles.